The van der Waals surface area contributed by atoms with Gasteiger partial charge in [0.2, 0.25) is 0 Å². The minimum atomic E-state index is 0.828. The molecule has 0 bridgehead atoms. The van der Waals surface area contributed by atoms with Crippen molar-refractivity contribution in [2.75, 3.05) is 0 Å². The lowest BCUT2D eigenvalue weighted by Gasteiger charge is -2.39. The number of hydrogen-bond donors (Lipinski definition) is 0. The number of aromatic nitrogens is 2. The molecule has 158 valence electrons. The maximum Gasteiger partial charge on any atom is 0.128 e. The molecular formula is C26H44N2. The van der Waals surface area contributed by atoms with Gasteiger partial charge in [0.15, 0.2) is 0 Å². The molecule has 2 heteroatoms. The van der Waals surface area contributed by atoms with Crippen molar-refractivity contribution in [1.82, 2.24) is 9.97 Å². The normalized spacial score (nSPS) is 24.9. The second kappa shape index (κ2) is 11.9. The Morgan fingerprint density at radius 2 is 1.50 bits per heavy atom. The molecule has 3 rings (SSSR count). The highest BCUT2D eigenvalue weighted by atomic mass is 14.9. The van der Waals surface area contributed by atoms with Crippen molar-refractivity contribution >= 4 is 0 Å². The van der Waals surface area contributed by atoms with E-state index in [0.29, 0.717) is 0 Å². The van der Waals surface area contributed by atoms with Gasteiger partial charge in [0.1, 0.15) is 5.82 Å². The predicted molar refractivity (Wildman–Crippen MR) is 119 cm³/mol. The minimum Gasteiger partial charge on any atom is -0.241 e. The lowest BCUT2D eigenvalue weighted by atomic mass is 9.66. The van der Waals surface area contributed by atoms with E-state index in [1.54, 1.807) is 0 Å². The fourth-order valence-electron chi connectivity index (χ4n) is 6.00. The monoisotopic (exact) mass is 384 g/mol. The second-order valence-corrected chi connectivity index (χ2v) is 9.80. The average Bonchev–Trinajstić information content (AvgIpc) is 2.75. The van der Waals surface area contributed by atoms with Crippen LogP contribution in [0.3, 0.4) is 0 Å². The third-order valence-corrected chi connectivity index (χ3v) is 7.70. The molecule has 0 aliphatic heterocycles. The van der Waals surface area contributed by atoms with Crippen LogP contribution in [0.2, 0.25) is 0 Å². The third-order valence-electron chi connectivity index (χ3n) is 7.70. The van der Waals surface area contributed by atoms with Crippen LogP contribution in [0.25, 0.3) is 0 Å². The lowest BCUT2D eigenvalue weighted by Crippen LogP contribution is -2.31. The molecule has 1 heterocycles. The molecule has 2 aliphatic carbocycles. The van der Waals surface area contributed by atoms with Crippen LogP contribution in [0.5, 0.6) is 0 Å². The van der Waals surface area contributed by atoms with Gasteiger partial charge in [-0.05, 0) is 54.9 Å². The summed E-state index contributed by atoms with van der Waals surface area (Å²) < 4.78 is 0. The van der Waals surface area contributed by atoms with Crippen molar-refractivity contribution in [3.8, 4) is 0 Å². The number of nitrogens with zero attached hydrogens (tertiary/aromatic N) is 2. The van der Waals surface area contributed by atoms with E-state index in [2.05, 4.69) is 26.2 Å². The highest BCUT2D eigenvalue weighted by Crippen LogP contribution is 2.43. The van der Waals surface area contributed by atoms with Crippen molar-refractivity contribution < 1.29 is 0 Å². The molecule has 1 aromatic rings. The molecule has 0 amide bonds. The van der Waals surface area contributed by atoms with E-state index < -0.39 is 0 Å². The molecule has 2 aliphatic rings. The molecule has 0 saturated heterocycles. The quantitative estimate of drug-likeness (QED) is 0.389. The van der Waals surface area contributed by atoms with Gasteiger partial charge >= 0.3 is 0 Å². The molecule has 0 aromatic carbocycles. The van der Waals surface area contributed by atoms with E-state index in [4.69, 9.17) is 9.97 Å². The first kappa shape index (κ1) is 21.8. The van der Waals surface area contributed by atoms with E-state index in [1.165, 1.54) is 95.5 Å². The molecule has 1 unspecified atom stereocenters. The molecule has 2 nitrogen and oxygen atoms in total. The van der Waals surface area contributed by atoms with Gasteiger partial charge in [-0.15, -0.1) is 0 Å². The Hall–Kier alpha value is -0.920. The Morgan fingerprint density at radius 1 is 0.821 bits per heavy atom. The highest BCUT2D eigenvalue weighted by molar-refractivity contribution is 5.06. The molecule has 2 fully saturated rings. The Morgan fingerprint density at radius 3 is 2.14 bits per heavy atom. The van der Waals surface area contributed by atoms with Gasteiger partial charge in [-0.3, -0.25) is 0 Å². The third kappa shape index (κ3) is 6.56. The van der Waals surface area contributed by atoms with Crippen molar-refractivity contribution in [2.45, 2.75) is 117 Å². The molecule has 28 heavy (non-hydrogen) atoms. The van der Waals surface area contributed by atoms with Crippen molar-refractivity contribution in [2.24, 2.45) is 23.7 Å². The SMILES string of the molecule is CCCCCc1cnc(CC(C2CCCCC2)C2CCC(CCC)CC2)nc1. The molecular weight excluding hydrogens is 340 g/mol. The van der Waals surface area contributed by atoms with Crippen LogP contribution >= 0.6 is 0 Å². The zero-order chi connectivity index (χ0) is 19.6. The largest absolute Gasteiger partial charge is 0.241 e. The standard InChI is InChI=1S/C26H44N2/c1-3-5-7-11-22-19-27-26(28-20-22)18-25(23-12-8-6-9-13-23)24-16-14-21(10-4-2)15-17-24/h19-21,23-25H,3-18H2,1-2H3. The Balaban J connectivity index is 1.60. The van der Waals surface area contributed by atoms with Crippen LogP contribution in [0.1, 0.15) is 115 Å². The first-order valence-corrected chi connectivity index (χ1v) is 12.6. The fourth-order valence-corrected chi connectivity index (χ4v) is 6.00. The van der Waals surface area contributed by atoms with Crippen LogP contribution in [0, 0.1) is 23.7 Å². The van der Waals surface area contributed by atoms with Crippen LogP contribution in [-0.2, 0) is 12.8 Å². The summed E-state index contributed by atoms with van der Waals surface area (Å²) in [4.78, 5) is 9.64. The minimum absolute atomic E-state index is 0.828. The maximum atomic E-state index is 4.82. The topological polar surface area (TPSA) is 25.8 Å². The number of aryl methyl sites for hydroxylation is 1. The summed E-state index contributed by atoms with van der Waals surface area (Å²) in [7, 11) is 0. The van der Waals surface area contributed by atoms with Gasteiger partial charge in [-0.25, -0.2) is 9.97 Å². The molecule has 0 radical (unpaired) electrons. The Bertz CT molecular complexity index is 524. The molecule has 1 atom stereocenters. The highest BCUT2D eigenvalue weighted by Gasteiger charge is 2.33. The van der Waals surface area contributed by atoms with Crippen molar-refractivity contribution in [1.29, 1.82) is 0 Å². The summed E-state index contributed by atoms with van der Waals surface area (Å²) >= 11 is 0. The summed E-state index contributed by atoms with van der Waals surface area (Å²) in [6, 6.07) is 0. The molecule has 2 saturated carbocycles. The number of unbranched alkanes of at least 4 members (excludes halogenated alkanes) is 2. The van der Waals surface area contributed by atoms with E-state index in [-0.39, 0.29) is 0 Å². The van der Waals surface area contributed by atoms with Gasteiger partial charge in [0, 0.05) is 18.8 Å². The first-order chi connectivity index (χ1) is 13.8. The average molecular weight is 385 g/mol. The Kier molecular flexibility index (Phi) is 9.28. The van der Waals surface area contributed by atoms with Gasteiger partial charge in [0.05, 0.1) is 0 Å². The lowest BCUT2D eigenvalue weighted by molar-refractivity contribution is 0.121. The first-order valence-electron chi connectivity index (χ1n) is 12.6. The summed E-state index contributed by atoms with van der Waals surface area (Å²) in [5.74, 6) is 4.80. The molecule has 0 spiro atoms. The van der Waals surface area contributed by atoms with Crippen molar-refractivity contribution in [3.05, 3.63) is 23.8 Å². The van der Waals surface area contributed by atoms with Gasteiger partial charge in [-0.1, -0.05) is 84.5 Å². The Labute approximate surface area is 174 Å². The second-order valence-electron chi connectivity index (χ2n) is 9.80. The summed E-state index contributed by atoms with van der Waals surface area (Å²) in [5, 5.41) is 0. The van der Waals surface area contributed by atoms with Crippen LogP contribution in [-0.4, -0.2) is 9.97 Å². The van der Waals surface area contributed by atoms with E-state index in [1.807, 2.05) is 0 Å². The molecule has 1 aromatic heterocycles. The van der Waals surface area contributed by atoms with Gasteiger partial charge in [0.25, 0.3) is 0 Å². The number of rotatable bonds is 10. The summed E-state index contributed by atoms with van der Waals surface area (Å²) in [6.07, 6.45) is 26.3. The van der Waals surface area contributed by atoms with Crippen LogP contribution in [0.4, 0.5) is 0 Å². The van der Waals surface area contributed by atoms with E-state index in [9.17, 15) is 0 Å². The number of hydrogen-bond acceptors (Lipinski definition) is 2. The molecule has 0 N–H and O–H groups in total. The van der Waals surface area contributed by atoms with Crippen molar-refractivity contribution in [3.63, 3.8) is 0 Å². The maximum absolute atomic E-state index is 4.82. The van der Waals surface area contributed by atoms with Gasteiger partial charge in [-0.2, -0.15) is 0 Å². The smallest absolute Gasteiger partial charge is 0.128 e. The fraction of sp³-hybridized carbons (Fsp3) is 0.846. The van der Waals surface area contributed by atoms with E-state index >= 15 is 0 Å². The van der Waals surface area contributed by atoms with Gasteiger partial charge < -0.3 is 0 Å². The zero-order valence-corrected chi connectivity index (χ0v) is 18.7. The summed E-state index contributed by atoms with van der Waals surface area (Å²) in [6.45, 7) is 4.61. The van der Waals surface area contributed by atoms with E-state index in [0.717, 1.165) is 42.3 Å². The predicted octanol–water partition coefficient (Wildman–Crippen LogP) is 7.55. The summed E-state index contributed by atoms with van der Waals surface area (Å²) in [5.41, 5.74) is 1.33. The zero-order valence-electron chi connectivity index (χ0n) is 18.7. The van der Waals surface area contributed by atoms with Crippen LogP contribution < -0.4 is 0 Å². The van der Waals surface area contributed by atoms with Crippen LogP contribution in [0.15, 0.2) is 12.4 Å².